The van der Waals surface area contributed by atoms with Crippen LogP contribution in [0.2, 0.25) is 5.02 Å². The predicted octanol–water partition coefficient (Wildman–Crippen LogP) is 4.09. The number of halogens is 1. The highest BCUT2D eigenvalue weighted by atomic mass is 35.5. The number of aromatic hydroxyl groups is 1. The molecule has 0 radical (unpaired) electrons. The summed E-state index contributed by atoms with van der Waals surface area (Å²) in [4.78, 5) is 2.03. The minimum Gasteiger partial charge on any atom is -0.507 e. The van der Waals surface area contributed by atoms with Crippen LogP contribution in [-0.4, -0.2) is 19.2 Å². The fourth-order valence-corrected chi connectivity index (χ4v) is 2.14. The van der Waals surface area contributed by atoms with Crippen molar-refractivity contribution < 1.29 is 5.11 Å². The minimum absolute atomic E-state index is 0.208. The van der Waals surface area contributed by atoms with Crippen molar-refractivity contribution in [1.82, 2.24) is 0 Å². The van der Waals surface area contributed by atoms with Gasteiger partial charge in [-0.3, -0.25) is 0 Å². The Morgan fingerprint density at radius 2 is 1.72 bits per heavy atom. The van der Waals surface area contributed by atoms with Crippen LogP contribution in [0.4, 0.5) is 5.69 Å². The molecule has 0 bridgehead atoms. The third-order valence-electron chi connectivity index (χ3n) is 2.95. The minimum atomic E-state index is 0.208. The van der Waals surface area contributed by atoms with E-state index in [1.807, 2.05) is 56.3 Å². The van der Waals surface area contributed by atoms with Crippen molar-refractivity contribution in [3.63, 3.8) is 0 Å². The maximum atomic E-state index is 10.1. The summed E-state index contributed by atoms with van der Waals surface area (Å²) >= 11 is 6.01. The van der Waals surface area contributed by atoms with E-state index in [2.05, 4.69) is 0 Å². The van der Waals surface area contributed by atoms with Gasteiger partial charge in [0.2, 0.25) is 0 Å². The van der Waals surface area contributed by atoms with Crippen molar-refractivity contribution in [3.8, 4) is 16.9 Å². The van der Waals surface area contributed by atoms with Crippen LogP contribution in [-0.2, 0) is 0 Å². The smallest absolute Gasteiger partial charge is 0.124 e. The van der Waals surface area contributed by atoms with Crippen molar-refractivity contribution in [1.29, 1.82) is 0 Å². The maximum Gasteiger partial charge on any atom is 0.124 e. The number of anilines is 1. The SMILES string of the molecule is Cc1cc(-c2ccccc2N(C)C)c(O)cc1Cl. The quantitative estimate of drug-likeness (QED) is 0.880. The van der Waals surface area contributed by atoms with Gasteiger partial charge >= 0.3 is 0 Å². The lowest BCUT2D eigenvalue weighted by molar-refractivity contribution is 0.477. The lowest BCUT2D eigenvalue weighted by Crippen LogP contribution is -2.09. The van der Waals surface area contributed by atoms with E-state index in [0.29, 0.717) is 5.02 Å². The second-order valence-corrected chi connectivity index (χ2v) is 4.94. The lowest BCUT2D eigenvalue weighted by atomic mass is 10.00. The number of aryl methyl sites for hydroxylation is 1. The lowest BCUT2D eigenvalue weighted by Gasteiger charge is -2.18. The first-order chi connectivity index (χ1) is 8.50. The van der Waals surface area contributed by atoms with Crippen LogP contribution in [0.5, 0.6) is 5.75 Å². The van der Waals surface area contributed by atoms with Crippen molar-refractivity contribution in [3.05, 3.63) is 47.0 Å². The molecule has 0 aliphatic heterocycles. The number of phenols is 1. The van der Waals surface area contributed by atoms with E-state index in [-0.39, 0.29) is 5.75 Å². The molecular formula is C15H16ClNO. The monoisotopic (exact) mass is 261 g/mol. The van der Waals surface area contributed by atoms with Gasteiger partial charge in [-0.05, 0) is 30.7 Å². The fourth-order valence-electron chi connectivity index (χ4n) is 1.98. The van der Waals surface area contributed by atoms with E-state index in [1.165, 1.54) is 0 Å². The normalized spacial score (nSPS) is 10.4. The van der Waals surface area contributed by atoms with Gasteiger partial charge in [0.05, 0.1) is 0 Å². The first-order valence-corrected chi connectivity index (χ1v) is 6.14. The molecule has 2 aromatic rings. The van der Waals surface area contributed by atoms with E-state index in [0.717, 1.165) is 22.4 Å². The van der Waals surface area contributed by atoms with E-state index in [4.69, 9.17) is 11.6 Å². The second-order valence-electron chi connectivity index (χ2n) is 4.53. The Kier molecular flexibility index (Phi) is 3.48. The summed E-state index contributed by atoms with van der Waals surface area (Å²) in [5, 5.41) is 10.7. The molecule has 2 nitrogen and oxygen atoms in total. The number of nitrogens with zero attached hydrogens (tertiary/aromatic N) is 1. The number of rotatable bonds is 2. The van der Waals surface area contributed by atoms with Gasteiger partial charge in [-0.15, -0.1) is 0 Å². The van der Waals surface area contributed by atoms with Crippen LogP contribution in [0.25, 0.3) is 11.1 Å². The molecular weight excluding hydrogens is 246 g/mol. The van der Waals surface area contributed by atoms with Crippen LogP contribution in [0.1, 0.15) is 5.56 Å². The average Bonchev–Trinajstić information content (AvgIpc) is 2.34. The topological polar surface area (TPSA) is 23.5 Å². The molecule has 0 aliphatic rings. The standard InChI is InChI=1S/C15H16ClNO/c1-10-8-12(15(18)9-13(10)16)11-6-4-5-7-14(11)17(2)3/h4-9,18H,1-3H3. The van der Waals surface area contributed by atoms with Crippen LogP contribution in [0, 0.1) is 6.92 Å². The molecule has 0 unspecified atom stereocenters. The van der Waals surface area contributed by atoms with Gasteiger partial charge in [0.15, 0.2) is 0 Å². The van der Waals surface area contributed by atoms with E-state index < -0.39 is 0 Å². The zero-order valence-electron chi connectivity index (χ0n) is 10.7. The zero-order valence-corrected chi connectivity index (χ0v) is 11.5. The number of benzene rings is 2. The van der Waals surface area contributed by atoms with Gasteiger partial charge < -0.3 is 10.0 Å². The highest BCUT2D eigenvalue weighted by molar-refractivity contribution is 6.31. The maximum absolute atomic E-state index is 10.1. The molecule has 2 aromatic carbocycles. The van der Waals surface area contributed by atoms with Crippen molar-refractivity contribution >= 4 is 17.3 Å². The van der Waals surface area contributed by atoms with E-state index in [9.17, 15) is 5.11 Å². The van der Waals surface area contributed by atoms with E-state index in [1.54, 1.807) is 6.07 Å². The van der Waals surface area contributed by atoms with Gasteiger partial charge in [-0.2, -0.15) is 0 Å². The number of phenolic OH excluding ortho intramolecular Hbond substituents is 1. The van der Waals surface area contributed by atoms with Gasteiger partial charge in [0, 0.05) is 35.9 Å². The van der Waals surface area contributed by atoms with Crippen molar-refractivity contribution in [2.75, 3.05) is 19.0 Å². The highest BCUT2D eigenvalue weighted by Gasteiger charge is 2.12. The summed E-state index contributed by atoms with van der Waals surface area (Å²) in [6.45, 7) is 1.93. The zero-order chi connectivity index (χ0) is 13.3. The van der Waals surface area contributed by atoms with Crippen LogP contribution in [0.3, 0.4) is 0 Å². The molecule has 0 aliphatic carbocycles. The molecule has 0 saturated heterocycles. The molecule has 2 rings (SSSR count). The first kappa shape index (κ1) is 12.8. The number of hydrogen-bond acceptors (Lipinski definition) is 2. The average molecular weight is 262 g/mol. The summed E-state index contributed by atoms with van der Waals surface area (Å²) in [6, 6.07) is 11.5. The molecule has 1 N–H and O–H groups in total. The highest BCUT2D eigenvalue weighted by Crippen LogP contribution is 2.38. The second kappa shape index (κ2) is 4.91. The Hall–Kier alpha value is -1.67. The van der Waals surface area contributed by atoms with Crippen molar-refractivity contribution in [2.45, 2.75) is 6.92 Å². The predicted molar refractivity (Wildman–Crippen MR) is 77.6 cm³/mol. The Balaban J connectivity index is 2.66. The molecule has 0 heterocycles. The summed E-state index contributed by atoms with van der Waals surface area (Å²) < 4.78 is 0. The molecule has 94 valence electrons. The van der Waals surface area contributed by atoms with Crippen LogP contribution >= 0.6 is 11.6 Å². The Labute approximate surface area is 112 Å². The van der Waals surface area contributed by atoms with Gasteiger partial charge in [0.25, 0.3) is 0 Å². The molecule has 0 spiro atoms. The van der Waals surface area contributed by atoms with E-state index >= 15 is 0 Å². The third kappa shape index (κ3) is 2.29. The first-order valence-electron chi connectivity index (χ1n) is 5.76. The number of para-hydroxylation sites is 1. The van der Waals surface area contributed by atoms with Crippen LogP contribution < -0.4 is 4.90 Å². The summed E-state index contributed by atoms with van der Waals surface area (Å²) in [7, 11) is 3.97. The molecule has 3 heteroatoms. The summed E-state index contributed by atoms with van der Waals surface area (Å²) in [6.07, 6.45) is 0. The fraction of sp³-hybridized carbons (Fsp3) is 0.200. The molecule has 0 aromatic heterocycles. The Bertz CT molecular complexity index is 579. The summed E-state index contributed by atoms with van der Waals surface area (Å²) in [5.74, 6) is 0.208. The number of hydrogen-bond donors (Lipinski definition) is 1. The Morgan fingerprint density at radius 1 is 1.06 bits per heavy atom. The van der Waals surface area contributed by atoms with Crippen molar-refractivity contribution in [2.24, 2.45) is 0 Å². The molecule has 0 atom stereocenters. The van der Waals surface area contributed by atoms with Gasteiger partial charge in [0.1, 0.15) is 5.75 Å². The summed E-state index contributed by atoms with van der Waals surface area (Å²) in [5.41, 5.74) is 3.83. The Morgan fingerprint density at radius 3 is 2.39 bits per heavy atom. The molecule has 18 heavy (non-hydrogen) atoms. The molecule has 0 amide bonds. The third-order valence-corrected chi connectivity index (χ3v) is 3.36. The van der Waals surface area contributed by atoms with Gasteiger partial charge in [-0.1, -0.05) is 29.8 Å². The molecule has 0 saturated carbocycles. The van der Waals surface area contributed by atoms with Gasteiger partial charge in [-0.25, -0.2) is 0 Å². The molecule has 0 fully saturated rings. The largest absolute Gasteiger partial charge is 0.507 e. The van der Waals surface area contributed by atoms with Crippen LogP contribution in [0.15, 0.2) is 36.4 Å².